The third kappa shape index (κ3) is 4.30. The Kier molecular flexibility index (Phi) is 5.20. The first kappa shape index (κ1) is 18.6. The van der Waals surface area contributed by atoms with Crippen LogP contribution < -0.4 is 16.0 Å². The van der Waals surface area contributed by atoms with Gasteiger partial charge < -0.3 is 20.7 Å². The van der Waals surface area contributed by atoms with Crippen LogP contribution in [0, 0.1) is 0 Å². The quantitative estimate of drug-likeness (QED) is 0.721. The molecule has 1 aliphatic rings. The zero-order valence-electron chi connectivity index (χ0n) is 14.3. The maximum atomic E-state index is 13.2. The predicted molar refractivity (Wildman–Crippen MR) is 94.3 cm³/mol. The molecule has 0 spiro atoms. The molecule has 0 radical (unpaired) electrons. The SMILES string of the molecule is NC(=O)OCC(NC=O)c1ccc(-c2cccnc2N2CC(F)(F)C2)cc1. The molecular weight excluding hydrogens is 358 g/mol. The average Bonchev–Trinajstić information content (AvgIpc) is 2.63. The van der Waals surface area contributed by atoms with E-state index in [4.69, 9.17) is 10.5 Å². The smallest absolute Gasteiger partial charge is 0.404 e. The summed E-state index contributed by atoms with van der Waals surface area (Å²) in [4.78, 5) is 27.3. The predicted octanol–water partition coefficient (Wildman–Crippen LogP) is 2.09. The number of benzene rings is 1. The van der Waals surface area contributed by atoms with Crippen molar-refractivity contribution in [2.24, 2.45) is 5.73 Å². The highest BCUT2D eigenvalue weighted by molar-refractivity contribution is 5.76. The molecule has 2 amide bonds. The number of halogens is 2. The van der Waals surface area contributed by atoms with Crippen molar-refractivity contribution >= 4 is 18.3 Å². The molecule has 0 aliphatic carbocycles. The largest absolute Gasteiger partial charge is 0.447 e. The maximum absolute atomic E-state index is 13.2. The van der Waals surface area contributed by atoms with Crippen LogP contribution in [0.25, 0.3) is 11.1 Å². The number of alkyl halides is 2. The van der Waals surface area contributed by atoms with Crippen LogP contribution in [0.1, 0.15) is 11.6 Å². The van der Waals surface area contributed by atoms with Gasteiger partial charge in [0.1, 0.15) is 12.4 Å². The van der Waals surface area contributed by atoms with E-state index >= 15 is 0 Å². The molecule has 1 aliphatic heterocycles. The van der Waals surface area contributed by atoms with E-state index in [1.807, 2.05) is 6.07 Å². The molecule has 27 heavy (non-hydrogen) atoms. The molecule has 0 bridgehead atoms. The Labute approximate surface area is 154 Å². The van der Waals surface area contributed by atoms with E-state index in [2.05, 4.69) is 10.3 Å². The van der Waals surface area contributed by atoms with E-state index in [9.17, 15) is 18.4 Å². The molecule has 1 fully saturated rings. The third-order valence-electron chi connectivity index (χ3n) is 4.22. The summed E-state index contributed by atoms with van der Waals surface area (Å²) in [5.74, 6) is -2.19. The summed E-state index contributed by atoms with van der Waals surface area (Å²) in [6.07, 6.45) is 1.14. The van der Waals surface area contributed by atoms with Crippen LogP contribution in [0.3, 0.4) is 0 Å². The zero-order chi connectivity index (χ0) is 19.4. The molecule has 1 saturated heterocycles. The number of hydrogen-bond acceptors (Lipinski definition) is 5. The summed E-state index contributed by atoms with van der Waals surface area (Å²) < 4.78 is 31.2. The molecule has 2 aromatic rings. The van der Waals surface area contributed by atoms with Crippen LogP contribution >= 0.6 is 0 Å². The van der Waals surface area contributed by atoms with Gasteiger partial charge in [-0.1, -0.05) is 24.3 Å². The van der Waals surface area contributed by atoms with Gasteiger partial charge >= 0.3 is 6.09 Å². The van der Waals surface area contributed by atoms with Crippen molar-refractivity contribution in [2.75, 3.05) is 24.6 Å². The lowest BCUT2D eigenvalue weighted by molar-refractivity contribution is -0.110. The first-order valence-corrected chi connectivity index (χ1v) is 8.20. The van der Waals surface area contributed by atoms with Gasteiger partial charge in [-0.3, -0.25) is 4.79 Å². The highest BCUT2D eigenvalue weighted by Gasteiger charge is 2.45. The summed E-state index contributed by atoms with van der Waals surface area (Å²) in [5, 5.41) is 2.55. The third-order valence-corrected chi connectivity index (χ3v) is 4.22. The second-order valence-corrected chi connectivity index (χ2v) is 6.18. The van der Waals surface area contributed by atoms with E-state index < -0.39 is 18.1 Å². The summed E-state index contributed by atoms with van der Waals surface area (Å²) >= 11 is 0. The Hall–Kier alpha value is -3.23. The van der Waals surface area contributed by atoms with Crippen molar-refractivity contribution in [3.05, 3.63) is 48.2 Å². The fourth-order valence-electron chi connectivity index (χ4n) is 2.92. The van der Waals surface area contributed by atoms with Crippen molar-refractivity contribution in [3.63, 3.8) is 0 Å². The standard InChI is InChI=1S/C18H18F2N4O3/c19-18(20)9-24(10-18)16-14(2-1-7-22-16)12-3-5-13(6-4-12)15(23-11-25)8-27-17(21)26/h1-7,11,15H,8-10H2,(H2,21,26)(H,23,25). The lowest BCUT2D eigenvalue weighted by Gasteiger charge is -2.40. The van der Waals surface area contributed by atoms with Crippen LogP contribution in [-0.2, 0) is 9.53 Å². The Morgan fingerprint density at radius 2 is 2.04 bits per heavy atom. The Balaban J connectivity index is 1.81. The number of ether oxygens (including phenoxy) is 1. The van der Waals surface area contributed by atoms with Crippen molar-refractivity contribution < 1.29 is 23.1 Å². The van der Waals surface area contributed by atoms with Gasteiger partial charge in [0.05, 0.1) is 19.1 Å². The minimum absolute atomic E-state index is 0.103. The van der Waals surface area contributed by atoms with E-state index in [1.54, 1.807) is 36.5 Å². The number of anilines is 1. The molecule has 1 unspecified atom stereocenters. The lowest BCUT2D eigenvalue weighted by Crippen LogP contribution is -2.56. The van der Waals surface area contributed by atoms with Gasteiger partial charge in [0.2, 0.25) is 6.41 Å². The van der Waals surface area contributed by atoms with E-state index in [0.717, 1.165) is 11.1 Å². The monoisotopic (exact) mass is 376 g/mol. The minimum Gasteiger partial charge on any atom is -0.447 e. The number of nitrogens with zero attached hydrogens (tertiary/aromatic N) is 2. The second-order valence-electron chi connectivity index (χ2n) is 6.18. The lowest BCUT2D eigenvalue weighted by atomic mass is 10.00. The van der Waals surface area contributed by atoms with Crippen LogP contribution in [0.5, 0.6) is 0 Å². The Morgan fingerprint density at radius 3 is 2.63 bits per heavy atom. The number of rotatable bonds is 7. The number of nitrogens with one attached hydrogen (secondary N) is 1. The number of hydrogen-bond donors (Lipinski definition) is 2. The highest BCUT2D eigenvalue weighted by atomic mass is 19.3. The van der Waals surface area contributed by atoms with E-state index in [0.29, 0.717) is 17.8 Å². The number of nitrogens with two attached hydrogens (primary N) is 1. The Bertz CT molecular complexity index is 822. The molecule has 3 rings (SSSR count). The molecule has 3 N–H and O–H groups in total. The molecule has 9 heteroatoms. The Morgan fingerprint density at radius 1 is 1.33 bits per heavy atom. The minimum atomic E-state index is -2.69. The van der Waals surface area contributed by atoms with Crippen molar-refractivity contribution in [1.29, 1.82) is 0 Å². The number of carbonyl (C=O) groups is 2. The molecule has 1 atom stereocenters. The van der Waals surface area contributed by atoms with Gasteiger partial charge in [0.25, 0.3) is 5.92 Å². The first-order valence-electron chi connectivity index (χ1n) is 8.20. The van der Waals surface area contributed by atoms with Crippen molar-refractivity contribution in [3.8, 4) is 11.1 Å². The summed E-state index contributed by atoms with van der Waals surface area (Å²) in [7, 11) is 0. The zero-order valence-corrected chi connectivity index (χ0v) is 14.3. The molecule has 2 heterocycles. The molecule has 1 aromatic carbocycles. The van der Waals surface area contributed by atoms with E-state index in [1.165, 1.54) is 4.90 Å². The summed E-state index contributed by atoms with van der Waals surface area (Å²) in [5.41, 5.74) is 7.18. The number of carbonyl (C=O) groups excluding carboxylic acids is 2. The van der Waals surface area contributed by atoms with Gasteiger partial charge in [-0.25, -0.2) is 18.6 Å². The highest BCUT2D eigenvalue weighted by Crippen LogP contribution is 2.36. The fraction of sp³-hybridized carbons (Fsp3) is 0.278. The number of primary amides is 1. The number of aromatic nitrogens is 1. The molecule has 0 saturated carbocycles. The molecule has 142 valence electrons. The normalized spacial score (nSPS) is 16.1. The number of amides is 2. The van der Waals surface area contributed by atoms with Gasteiger partial charge in [-0.15, -0.1) is 0 Å². The summed E-state index contributed by atoms with van der Waals surface area (Å²) in [6.45, 7) is -0.815. The topological polar surface area (TPSA) is 97.6 Å². The van der Waals surface area contributed by atoms with Crippen LogP contribution in [0.15, 0.2) is 42.6 Å². The van der Waals surface area contributed by atoms with Crippen LogP contribution in [0.4, 0.5) is 19.4 Å². The maximum Gasteiger partial charge on any atom is 0.404 e. The van der Waals surface area contributed by atoms with Gasteiger partial charge in [0.15, 0.2) is 0 Å². The van der Waals surface area contributed by atoms with Crippen molar-refractivity contribution in [2.45, 2.75) is 12.0 Å². The van der Waals surface area contributed by atoms with Crippen molar-refractivity contribution in [1.82, 2.24) is 10.3 Å². The first-order chi connectivity index (χ1) is 12.9. The fourth-order valence-corrected chi connectivity index (χ4v) is 2.92. The molecule has 7 nitrogen and oxygen atoms in total. The summed E-state index contributed by atoms with van der Waals surface area (Å²) in [6, 6.07) is 10.1. The second kappa shape index (κ2) is 7.56. The van der Waals surface area contributed by atoms with Crippen LogP contribution in [-0.4, -0.2) is 43.1 Å². The van der Waals surface area contributed by atoms with Gasteiger partial charge in [0, 0.05) is 11.8 Å². The van der Waals surface area contributed by atoms with Gasteiger partial charge in [-0.05, 0) is 23.3 Å². The molecular formula is C18H18F2N4O3. The van der Waals surface area contributed by atoms with Crippen LogP contribution in [0.2, 0.25) is 0 Å². The number of pyridine rings is 1. The van der Waals surface area contributed by atoms with Gasteiger partial charge in [-0.2, -0.15) is 0 Å². The molecule has 1 aromatic heterocycles. The van der Waals surface area contributed by atoms with E-state index in [-0.39, 0.29) is 19.7 Å². The average molecular weight is 376 g/mol.